The predicted molar refractivity (Wildman–Crippen MR) is 86.2 cm³/mol. The van der Waals surface area contributed by atoms with E-state index in [0.717, 1.165) is 24.2 Å². The summed E-state index contributed by atoms with van der Waals surface area (Å²) in [4.78, 5) is 28.8. The number of anilines is 1. The summed E-state index contributed by atoms with van der Waals surface area (Å²) in [7, 11) is 0. The van der Waals surface area contributed by atoms with Crippen LogP contribution in [0.15, 0.2) is 48.7 Å². The number of aromatic nitrogens is 1. The average Bonchev–Trinajstić information content (AvgIpc) is 2.97. The molecule has 1 aliphatic heterocycles. The summed E-state index contributed by atoms with van der Waals surface area (Å²) in [5.74, 6) is -1.64. The maximum atomic E-state index is 11.9. The molecule has 1 unspecified atom stereocenters. The minimum Gasteiger partial charge on any atom is -0.481 e. The number of carbonyl (C=O) groups excluding carboxylic acids is 1. The SMILES string of the molecule is O=C(O)C1CC(=O)N(c2ccc(CCc3ccccn3)cc2)C1. The molecule has 1 fully saturated rings. The second-order valence-electron chi connectivity index (χ2n) is 5.73. The van der Waals surface area contributed by atoms with Gasteiger partial charge in [0.1, 0.15) is 0 Å². The Kier molecular flexibility index (Phi) is 4.37. The summed E-state index contributed by atoms with van der Waals surface area (Å²) in [6.45, 7) is 0.251. The number of nitrogens with zero attached hydrogens (tertiary/aromatic N) is 2. The molecular weight excluding hydrogens is 292 g/mol. The van der Waals surface area contributed by atoms with Gasteiger partial charge in [-0.2, -0.15) is 0 Å². The number of rotatable bonds is 5. The van der Waals surface area contributed by atoms with Crippen LogP contribution in [-0.2, 0) is 22.4 Å². The summed E-state index contributed by atoms with van der Waals surface area (Å²) in [6, 6.07) is 13.6. The lowest BCUT2D eigenvalue weighted by molar-refractivity contribution is -0.141. The quantitative estimate of drug-likeness (QED) is 0.920. The molecule has 23 heavy (non-hydrogen) atoms. The molecule has 1 amide bonds. The Morgan fingerprint density at radius 1 is 1.17 bits per heavy atom. The molecule has 0 radical (unpaired) electrons. The van der Waals surface area contributed by atoms with Gasteiger partial charge in [-0.15, -0.1) is 0 Å². The standard InChI is InChI=1S/C18H18N2O3/c21-17-11-14(18(22)23)12-20(17)16-8-5-13(6-9-16)4-7-15-3-1-2-10-19-15/h1-3,5-6,8-10,14H,4,7,11-12H2,(H,22,23). The average molecular weight is 310 g/mol. The number of aryl methyl sites for hydroxylation is 2. The third-order valence-corrected chi connectivity index (χ3v) is 4.12. The van der Waals surface area contributed by atoms with E-state index in [4.69, 9.17) is 5.11 Å². The zero-order chi connectivity index (χ0) is 16.2. The minimum absolute atomic E-state index is 0.0801. The first kappa shape index (κ1) is 15.2. The van der Waals surface area contributed by atoms with Crippen molar-refractivity contribution in [3.63, 3.8) is 0 Å². The van der Waals surface area contributed by atoms with Gasteiger partial charge < -0.3 is 10.0 Å². The number of hydrogen-bond acceptors (Lipinski definition) is 3. The van der Waals surface area contributed by atoms with Gasteiger partial charge in [0.15, 0.2) is 0 Å². The topological polar surface area (TPSA) is 70.5 Å². The molecule has 2 aromatic rings. The van der Waals surface area contributed by atoms with Crippen molar-refractivity contribution in [2.75, 3.05) is 11.4 Å². The number of carboxylic acid groups (broad SMARTS) is 1. The van der Waals surface area contributed by atoms with Gasteiger partial charge in [-0.05, 0) is 42.7 Å². The van der Waals surface area contributed by atoms with Crippen LogP contribution < -0.4 is 4.90 Å². The number of hydrogen-bond donors (Lipinski definition) is 1. The third kappa shape index (κ3) is 3.56. The first-order valence-corrected chi connectivity index (χ1v) is 7.65. The molecule has 118 valence electrons. The maximum absolute atomic E-state index is 11.9. The zero-order valence-corrected chi connectivity index (χ0v) is 12.7. The summed E-state index contributed by atoms with van der Waals surface area (Å²) < 4.78 is 0. The highest BCUT2D eigenvalue weighted by atomic mass is 16.4. The lowest BCUT2D eigenvalue weighted by Crippen LogP contribution is -2.25. The van der Waals surface area contributed by atoms with Crippen LogP contribution in [0.25, 0.3) is 0 Å². The molecule has 1 saturated heterocycles. The van der Waals surface area contributed by atoms with Crippen LogP contribution in [0.2, 0.25) is 0 Å². The molecule has 0 saturated carbocycles. The highest BCUT2D eigenvalue weighted by Gasteiger charge is 2.34. The molecule has 0 aliphatic carbocycles. The molecule has 1 aromatic carbocycles. The largest absolute Gasteiger partial charge is 0.481 e. The Morgan fingerprint density at radius 3 is 2.57 bits per heavy atom. The lowest BCUT2D eigenvalue weighted by atomic mass is 10.1. The monoisotopic (exact) mass is 310 g/mol. The van der Waals surface area contributed by atoms with E-state index in [9.17, 15) is 9.59 Å². The van der Waals surface area contributed by atoms with E-state index in [1.807, 2.05) is 42.5 Å². The Bertz CT molecular complexity index is 698. The molecule has 3 rings (SSSR count). The van der Waals surface area contributed by atoms with E-state index >= 15 is 0 Å². The van der Waals surface area contributed by atoms with Crippen molar-refractivity contribution in [2.45, 2.75) is 19.3 Å². The van der Waals surface area contributed by atoms with E-state index in [1.54, 1.807) is 11.1 Å². The Morgan fingerprint density at radius 2 is 1.96 bits per heavy atom. The van der Waals surface area contributed by atoms with Crippen LogP contribution >= 0.6 is 0 Å². The van der Waals surface area contributed by atoms with E-state index in [2.05, 4.69) is 4.98 Å². The fourth-order valence-corrected chi connectivity index (χ4v) is 2.78. The van der Waals surface area contributed by atoms with Gasteiger partial charge in [0.25, 0.3) is 0 Å². The minimum atomic E-state index is -0.909. The van der Waals surface area contributed by atoms with Crippen LogP contribution in [0, 0.1) is 5.92 Å². The molecule has 1 N–H and O–H groups in total. The van der Waals surface area contributed by atoms with Crippen molar-refractivity contribution < 1.29 is 14.7 Å². The number of amides is 1. The van der Waals surface area contributed by atoms with E-state index in [-0.39, 0.29) is 18.9 Å². The fourth-order valence-electron chi connectivity index (χ4n) is 2.78. The maximum Gasteiger partial charge on any atom is 0.308 e. The number of benzene rings is 1. The molecule has 0 spiro atoms. The Balaban J connectivity index is 1.63. The molecule has 5 nitrogen and oxygen atoms in total. The van der Waals surface area contributed by atoms with Crippen molar-refractivity contribution in [1.82, 2.24) is 4.98 Å². The molecule has 1 aromatic heterocycles. The van der Waals surface area contributed by atoms with Crippen molar-refractivity contribution in [3.8, 4) is 0 Å². The van der Waals surface area contributed by atoms with Crippen molar-refractivity contribution in [1.29, 1.82) is 0 Å². The van der Waals surface area contributed by atoms with Crippen LogP contribution in [0.3, 0.4) is 0 Å². The van der Waals surface area contributed by atoms with Crippen LogP contribution in [0.4, 0.5) is 5.69 Å². The summed E-state index contributed by atoms with van der Waals surface area (Å²) in [6.07, 6.45) is 3.61. The van der Waals surface area contributed by atoms with Crippen LogP contribution in [-0.4, -0.2) is 28.5 Å². The second-order valence-corrected chi connectivity index (χ2v) is 5.73. The fraction of sp³-hybridized carbons (Fsp3) is 0.278. The summed E-state index contributed by atoms with van der Waals surface area (Å²) in [5, 5.41) is 9.03. The molecule has 5 heteroatoms. The zero-order valence-electron chi connectivity index (χ0n) is 12.7. The number of aliphatic carboxylic acids is 1. The summed E-state index contributed by atoms with van der Waals surface area (Å²) in [5.41, 5.74) is 2.98. The molecular formula is C18H18N2O3. The molecule has 0 bridgehead atoms. The van der Waals surface area contributed by atoms with Crippen LogP contribution in [0.5, 0.6) is 0 Å². The second kappa shape index (κ2) is 6.60. The van der Waals surface area contributed by atoms with E-state index in [1.165, 1.54) is 5.56 Å². The van der Waals surface area contributed by atoms with Crippen LogP contribution in [0.1, 0.15) is 17.7 Å². The lowest BCUT2D eigenvalue weighted by Gasteiger charge is -2.16. The predicted octanol–water partition coefficient (Wildman–Crippen LogP) is 2.30. The smallest absolute Gasteiger partial charge is 0.308 e. The van der Waals surface area contributed by atoms with Gasteiger partial charge in [-0.3, -0.25) is 14.6 Å². The van der Waals surface area contributed by atoms with Gasteiger partial charge >= 0.3 is 5.97 Å². The van der Waals surface area contributed by atoms with Crippen molar-refractivity contribution in [3.05, 3.63) is 59.9 Å². The van der Waals surface area contributed by atoms with Gasteiger partial charge in [-0.1, -0.05) is 18.2 Å². The molecule has 1 atom stereocenters. The normalized spacial score (nSPS) is 17.5. The summed E-state index contributed by atoms with van der Waals surface area (Å²) >= 11 is 0. The number of carboxylic acids is 1. The van der Waals surface area contributed by atoms with Crippen molar-refractivity contribution in [2.24, 2.45) is 5.92 Å². The van der Waals surface area contributed by atoms with Gasteiger partial charge in [0.2, 0.25) is 5.91 Å². The highest BCUT2D eigenvalue weighted by Crippen LogP contribution is 2.25. The van der Waals surface area contributed by atoms with Gasteiger partial charge in [-0.25, -0.2) is 0 Å². The van der Waals surface area contributed by atoms with Crippen molar-refractivity contribution >= 4 is 17.6 Å². The van der Waals surface area contributed by atoms with E-state index in [0.29, 0.717) is 0 Å². The molecule has 2 heterocycles. The number of pyridine rings is 1. The first-order chi connectivity index (χ1) is 11.1. The number of carbonyl (C=O) groups is 2. The van der Waals surface area contributed by atoms with Gasteiger partial charge in [0, 0.05) is 30.5 Å². The third-order valence-electron chi connectivity index (χ3n) is 4.12. The van der Waals surface area contributed by atoms with E-state index < -0.39 is 11.9 Å². The Hall–Kier alpha value is -2.69. The van der Waals surface area contributed by atoms with Gasteiger partial charge in [0.05, 0.1) is 5.92 Å². The highest BCUT2D eigenvalue weighted by molar-refractivity contribution is 5.99. The molecule has 1 aliphatic rings. The first-order valence-electron chi connectivity index (χ1n) is 7.65. The Labute approximate surface area is 134 Å².